The summed E-state index contributed by atoms with van der Waals surface area (Å²) in [6.07, 6.45) is 8.69. The predicted octanol–water partition coefficient (Wildman–Crippen LogP) is 3.76. The molecule has 1 aliphatic carbocycles. The summed E-state index contributed by atoms with van der Waals surface area (Å²) in [7, 11) is 2.27. The minimum atomic E-state index is -1.82. The van der Waals surface area contributed by atoms with Gasteiger partial charge in [0, 0.05) is 24.4 Å². The minimum absolute atomic E-state index is 0. The molecular formula is C26H35NO6. The fourth-order valence-corrected chi connectivity index (χ4v) is 4.89. The molecule has 0 saturated heterocycles. The Morgan fingerprint density at radius 1 is 1.00 bits per heavy atom. The second-order valence-electron chi connectivity index (χ2n) is 8.76. The summed E-state index contributed by atoms with van der Waals surface area (Å²) in [6, 6.07) is 19.6. The van der Waals surface area contributed by atoms with Crippen molar-refractivity contribution in [2.24, 2.45) is 0 Å². The molecule has 0 amide bonds. The van der Waals surface area contributed by atoms with Crippen molar-refractivity contribution in [3.05, 3.63) is 65.7 Å². The number of hydrogen-bond acceptors (Lipinski definition) is 4. The number of carboxylic acid groups (broad SMARTS) is 2. The van der Waals surface area contributed by atoms with Crippen LogP contribution in [0.3, 0.4) is 0 Å². The maximum Gasteiger partial charge on any atom is 0.414 e. The van der Waals surface area contributed by atoms with Crippen molar-refractivity contribution in [3.63, 3.8) is 0 Å². The lowest BCUT2D eigenvalue weighted by molar-refractivity contribution is -0.159. The number of carbonyl (C=O) groups is 2. The van der Waals surface area contributed by atoms with E-state index >= 15 is 0 Å². The Hall–Kier alpha value is -2.90. The second-order valence-corrected chi connectivity index (χ2v) is 8.76. The quantitative estimate of drug-likeness (QED) is 0.611. The van der Waals surface area contributed by atoms with Crippen molar-refractivity contribution in [2.45, 2.75) is 56.5 Å². The van der Waals surface area contributed by atoms with E-state index < -0.39 is 11.9 Å². The van der Waals surface area contributed by atoms with Crippen LogP contribution >= 0.6 is 0 Å². The summed E-state index contributed by atoms with van der Waals surface area (Å²) in [5, 5.41) is 14.8. The van der Waals surface area contributed by atoms with Gasteiger partial charge in [0.1, 0.15) is 11.4 Å². The van der Waals surface area contributed by atoms with Gasteiger partial charge in [-0.25, -0.2) is 9.59 Å². The van der Waals surface area contributed by atoms with Crippen LogP contribution in [0.2, 0.25) is 0 Å². The third-order valence-corrected chi connectivity index (χ3v) is 6.53. The Kier molecular flexibility index (Phi) is 9.88. The first-order valence-electron chi connectivity index (χ1n) is 11.4. The van der Waals surface area contributed by atoms with E-state index in [-0.39, 0.29) is 11.1 Å². The van der Waals surface area contributed by atoms with Crippen LogP contribution in [0.4, 0.5) is 0 Å². The SMILES string of the molecule is CN(CCCc1ccccc1)CC[C@@]12CCCC[C@@H]1c1ccccc1O2.O.O=C(O)C(=O)O. The Balaban J connectivity index is 0.000000491. The molecule has 1 fully saturated rings. The zero-order valence-electron chi connectivity index (χ0n) is 19.2. The van der Waals surface area contributed by atoms with E-state index in [2.05, 4.69) is 66.5 Å². The first-order valence-corrected chi connectivity index (χ1v) is 11.4. The van der Waals surface area contributed by atoms with Crippen molar-refractivity contribution in [2.75, 3.05) is 20.1 Å². The second kappa shape index (κ2) is 12.4. The van der Waals surface area contributed by atoms with Crippen LogP contribution in [0.25, 0.3) is 0 Å². The molecule has 7 nitrogen and oxygen atoms in total. The lowest BCUT2D eigenvalue weighted by atomic mass is 9.72. The molecule has 0 radical (unpaired) electrons. The zero-order chi connectivity index (χ0) is 23.0. The molecule has 1 aliphatic heterocycles. The zero-order valence-corrected chi connectivity index (χ0v) is 19.2. The standard InChI is InChI=1S/C24H31NO.C2H2O4.H2O/c1-25(18-9-12-20-10-3-2-4-11-20)19-17-24-16-8-7-14-22(24)21-13-5-6-15-23(21)26-24;3-1(4)2(5)6;/h2-6,10-11,13,15,22H,7-9,12,14,16-19H2,1H3;(H,3,4)(H,5,6);1H2/t22-,24+;;/m1../s1. The van der Waals surface area contributed by atoms with Crippen molar-refractivity contribution in [3.8, 4) is 5.75 Å². The van der Waals surface area contributed by atoms with Crippen LogP contribution < -0.4 is 4.74 Å². The molecule has 1 heterocycles. The fraction of sp³-hybridized carbons (Fsp3) is 0.462. The van der Waals surface area contributed by atoms with Crippen molar-refractivity contribution >= 4 is 11.9 Å². The van der Waals surface area contributed by atoms with E-state index in [0.717, 1.165) is 25.3 Å². The normalized spacial score (nSPS) is 20.4. The average molecular weight is 458 g/mol. The van der Waals surface area contributed by atoms with Gasteiger partial charge in [0.05, 0.1) is 0 Å². The molecule has 0 aromatic heterocycles. The highest BCUT2D eigenvalue weighted by molar-refractivity contribution is 6.27. The van der Waals surface area contributed by atoms with E-state index in [4.69, 9.17) is 24.5 Å². The first-order chi connectivity index (χ1) is 15.4. The highest BCUT2D eigenvalue weighted by atomic mass is 16.5. The summed E-state index contributed by atoms with van der Waals surface area (Å²) in [5.74, 6) is -1.90. The maximum absolute atomic E-state index is 9.10. The van der Waals surface area contributed by atoms with E-state index in [1.54, 1.807) is 0 Å². The molecule has 0 bridgehead atoms. The van der Waals surface area contributed by atoms with E-state index in [1.165, 1.54) is 49.7 Å². The molecule has 4 rings (SSSR count). The van der Waals surface area contributed by atoms with Gasteiger partial charge in [-0.2, -0.15) is 0 Å². The Morgan fingerprint density at radius 2 is 1.67 bits per heavy atom. The molecule has 2 aromatic carbocycles. The number of ether oxygens (including phenoxy) is 1. The van der Waals surface area contributed by atoms with Crippen molar-refractivity contribution < 1.29 is 30.0 Å². The minimum Gasteiger partial charge on any atom is -0.486 e. The molecule has 2 aliphatic rings. The van der Waals surface area contributed by atoms with Crippen LogP contribution in [0, 0.1) is 0 Å². The number of fused-ring (bicyclic) bond motifs is 3. The van der Waals surface area contributed by atoms with Crippen LogP contribution in [0.15, 0.2) is 54.6 Å². The number of carboxylic acids is 2. The summed E-state index contributed by atoms with van der Waals surface area (Å²) in [6.45, 7) is 2.28. The number of benzene rings is 2. The fourth-order valence-electron chi connectivity index (χ4n) is 4.89. The van der Waals surface area contributed by atoms with Gasteiger partial charge in [0.15, 0.2) is 0 Å². The van der Waals surface area contributed by atoms with Gasteiger partial charge >= 0.3 is 11.9 Å². The molecule has 0 spiro atoms. The van der Waals surface area contributed by atoms with Gasteiger partial charge in [-0.3, -0.25) is 0 Å². The van der Waals surface area contributed by atoms with E-state index in [9.17, 15) is 0 Å². The van der Waals surface area contributed by atoms with Crippen LogP contribution in [-0.4, -0.2) is 58.3 Å². The van der Waals surface area contributed by atoms with Crippen LogP contribution in [0.5, 0.6) is 5.75 Å². The van der Waals surface area contributed by atoms with Gasteiger partial charge in [0.25, 0.3) is 0 Å². The third-order valence-electron chi connectivity index (χ3n) is 6.53. The highest BCUT2D eigenvalue weighted by Gasteiger charge is 2.48. The molecule has 180 valence electrons. The van der Waals surface area contributed by atoms with Gasteiger partial charge in [-0.15, -0.1) is 0 Å². The summed E-state index contributed by atoms with van der Waals surface area (Å²) < 4.78 is 6.60. The first kappa shape index (κ1) is 26.4. The monoisotopic (exact) mass is 457 g/mol. The maximum atomic E-state index is 9.10. The number of hydrogen-bond donors (Lipinski definition) is 2. The Morgan fingerprint density at radius 3 is 2.36 bits per heavy atom. The topological polar surface area (TPSA) is 119 Å². The van der Waals surface area contributed by atoms with Crippen LogP contribution in [-0.2, 0) is 16.0 Å². The smallest absolute Gasteiger partial charge is 0.414 e. The number of aryl methyl sites for hydroxylation is 1. The van der Waals surface area contributed by atoms with Gasteiger partial charge < -0.3 is 25.3 Å². The molecular weight excluding hydrogens is 422 g/mol. The largest absolute Gasteiger partial charge is 0.486 e. The number of aliphatic carboxylic acids is 2. The lowest BCUT2D eigenvalue weighted by Crippen LogP contribution is -2.43. The molecule has 33 heavy (non-hydrogen) atoms. The molecule has 4 N–H and O–H groups in total. The van der Waals surface area contributed by atoms with Gasteiger partial charge in [-0.05, 0) is 57.3 Å². The average Bonchev–Trinajstić information content (AvgIpc) is 3.13. The van der Waals surface area contributed by atoms with Gasteiger partial charge in [0.2, 0.25) is 0 Å². The summed E-state index contributed by atoms with van der Waals surface area (Å²) in [5.41, 5.74) is 2.95. The molecule has 2 atom stereocenters. The van der Waals surface area contributed by atoms with Crippen molar-refractivity contribution in [1.29, 1.82) is 0 Å². The van der Waals surface area contributed by atoms with Crippen molar-refractivity contribution in [1.82, 2.24) is 4.90 Å². The van der Waals surface area contributed by atoms with Gasteiger partial charge in [-0.1, -0.05) is 55.0 Å². The Labute approximate surface area is 195 Å². The molecule has 0 unspecified atom stereocenters. The lowest BCUT2D eigenvalue weighted by Gasteiger charge is -2.39. The number of para-hydroxylation sites is 1. The summed E-state index contributed by atoms with van der Waals surface area (Å²) >= 11 is 0. The highest BCUT2D eigenvalue weighted by Crippen LogP contribution is 2.53. The molecule has 1 saturated carbocycles. The number of nitrogens with zero attached hydrogens (tertiary/aromatic N) is 1. The third kappa shape index (κ3) is 7.04. The van der Waals surface area contributed by atoms with Crippen LogP contribution in [0.1, 0.15) is 55.6 Å². The number of rotatable bonds is 7. The molecule has 7 heteroatoms. The summed E-state index contributed by atoms with van der Waals surface area (Å²) in [4.78, 5) is 20.7. The Bertz CT molecular complexity index is 891. The predicted molar refractivity (Wildman–Crippen MR) is 127 cm³/mol. The van der Waals surface area contributed by atoms with E-state index in [1.807, 2.05) is 0 Å². The van der Waals surface area contributed by atoms with E-state index in [0.29, 0.717) is 5.92 Å². The molecule has 2 aromatic rings.